The number of fused-ring (bicyclic) bond motifs is 4. The second-order valence-electron chi connectivity index (χ2n) is 37.1. The Morgan fingerprint density at radius 2 is 0.965 bits per heavy atom. The van der Waals surface area contributed by atoms with Crippen LogP contribution in [0.4, 0.5) is 96.8 Å². The van der Waals surface area contributed by atoms with Crippen LogP contribution >= 0.6 is 0 Å². The Balaban J connectivity index is 0.000000136. The molecule has 11 aliphatic heterocycles. The van der Waals surface area contributed by atoms with Crippen LogP contribution < -0.4 is 71.9 Å². The van der Waals surface area contributed by atoms with Gasteiger partial charge in [-0.15, -0.1) is 0 Å². The Labute approximate surface area is 819 Å². The zero-order valence-electron chi connectivity index (χ0n) is 81.2. The number of morpholine rings is 3. The fraction of sp³-hybridized carbons (Fsp3) is 0.423. The van der Waals surface area contributed by atoms with Crippen LogP contribution in [0, 0.1) is 29.1 Å². The largest absolute Gasteiger partial charge is 0.378 e. The van der Waals surface area contributed by atoms with Crippen LogP contribution in [0.2, 0.25) is 0 Å². The second kappa shape index (κ2) is 44.6. The van der Waals surface area contributed by atoms with Crippen LogP contribution in [0.5, 0.6) is 0 Å². The molecular weight excluding hydrogens is 1810 g/mol. The van der Waals surface area contributed by atoms with Crippen LogP contribution in [-0.2, 0) is 52.2 Å². The van der Waals surface area contributed by atoms with E-state index in [2.05, 4.69) is 140 Å². The van der Waals surface area contributed by atoms with Gasteiger partial charge < -0.3 is 106 Å². The maximum Gasteiger partial charge on any atom is 0.255 e. The number of aromatic nitrogens is 6. The van der Waals surface area contributed by atoms with Gasteiger partial charge in [-0.05, 0) is 170 Å². The van der Waals surface area contributed by atoms with Crippen molar-refractivity contribution in [1.82, 2.24) is 70.6 Å². The van der Waals surface area contributed by atoms with Gasteiger partial charge in [0, 0.05) is 248 Å². The molecule has 746 valence electrons. The molecule has 8 N–H and O–H groups in total. The number of likely N-dealkylation sites (N-methyl/N-ethyl adjacent to an activating group) is 3. The molecule has 0 aliphatic carbocycles. The highest BCUT2D eigenvalue weighted by molar-refractivity contribution is 6.06. The van der Waals surface area contributed by atoms with Crippen molar-refractivity contribution in [3.63, 3.8) is 0 Å². The molecule has 16 heterocycles. The molecule has 0 saturated carbocycles. The van der Waals surface area contributed by atoms with Crippen molar-refractivity contribution in [2.24, 2.45) is 7.05 Å². The lowest BCUT2D eigenvalue weighted by Gasteiger charge is -2.43. The van der Waals surface area contributed by atoms with Crippen molar-refractivity contribution in [1.29, 1.82) is 0 Å². The number of nitrogens with zero attached hydrogens (tertiary/aromatic N) is 16. The van der Waals surface area contributed by atoms with E-state index in [4.69, 9.17) is 19.2 Å². The topological polar surface area (TPSA) is 311 Å². The standard InChI is InChI=1S/C28H35FN6O2.C27H32F2N6O2.C27H33FN6O3.C22H27FN6O/c1-4-19(3)34-12-6-7-22(18-34)35(5-2)27-25(29)23-17-30-28(36)24(23)26(32-27)31-20-8-10-21(11-9-20)33-13-15-37-16-14-33;1-4-16(2)34-9-5-6-19(14-34)32-26-24(29)20-13-30-27(36)23(20)25(33-26)31-18-7-8-22(21(28)12-18)35-10-11-37-15-17(35)3;1-3-22(35)34-11-5-4-6-20(17-34)32(2)26-24(28)21-16-29-27(36)23(21)25(31-26)30-18-7-9-19(10-8-18)33-12-14-37-15-13-33;1-6-13(2)29-12-16(8-7-14(29)3)28(5)21-19(23)17-10-24-22(30)18(17)20(26-21)15-9-25-27(4)11-15/h4,8-11,22H,1,3,5-7,12-18H2,2H3,(H,30,36)(H,31,32);4,7-8,12,17,19H,1-2,5-6,9-11,13-15H2,3H3,(H,30,36)(H2,31,32,33);3,7-10,20H,1,4-6,11-17H2,2H3,(H,29,36)(H,30,31);6,9,11,14,16H,1-2,7-8,10,12H2,3-5H3,(H,24,30). The molecule has 0 radical (unpaired) electrons. The number of hydrogen-bond acceptors (Lipinski definition) is 26. The summed E-state index contributed by atoms with van der Waals surface area (Å²) in [6.45, 7) is 47.4. The lowest BCUT2D eigenvalue weighted by Crippen LogP contribution is -2.49. The number of anilines is 13. The number of carbonyl (C=O) groups is 5. The number of piperidine rings is 3. The van der Waals surface area contributed by atoms with E-state index in [-0.39, 0.29) is 131 Å². The number of pyridine rings is 4. The third kappa shape index (κ3) is 21.9. The Bertz CT molecular complexity index is 6070. The normalized spacial score (nSPS) is 20.2. The number of rotatable bonds is 26. The summed E-state index contributed by atoms with van der Waals surface area (Å²) >= 11 is 0. The molecule has 6 atom stereocenters. The summed E-state index contributed by atoms with van der Waals surface area (Å²) in [4.78, 5) is 101. The lowest BCUT2D eigenvalue weighted by atomic mass is 9.97. The molecule has 7 saturated heterocycles. The first-order valence-corrected chi connectivity index (χ1v) is 48.6. The van der Waals surface area contributed by atoms with Gasteiger partial charge in [0.25, 0.3) is 23.6 Å². The summed E-state index contributed by atoms with van der Waals surface area (Å²) in [6, 6.07) is 21.1. The molecular formula is C104H127F5N24O8. The molecule has 0 spiro atoms. The van der Waals surface area contributed by atoms with Crippen LogP contribution in [0.3, 0.4) is 0 Å². The van der Waals surface area contributed by atoms with Crippen molar-refractivity contribution >= 4 is 104 Å². The van der Waals surface area contributed by atoms with E-state index in [1.165, 1.54) is 12.1 Å². The molecule has 37 heteroatoms. The highest BCUT2D eigenvalue weighted by Crippen LogP contribution is 2.42. The van der Waals surface area contributed by atoms with Crippen LogP contribution in [0.15, 0.2) is 167 Å². The fourth-order valence-corrected chi connectivity index (χ4v) is 20.2. The molecule has 11 aliphatic rings. The summed E-state index contributed by atoms with van der Waals surface area (Å²) in [5.41, 5.74) is 10.6. The molecule has 141 heavy (non-hydrogen) atoms. The third-order valence-electron chi connectivity index (χ3n) is 28.2. The average Bonchev–Trinajstić information content (AvgIpc) is 1.63. The van der Waals surface area contributed by atoms with Crippen molar-refractivity contribution in [3.05, 3.63) is 240 Å². The van der Waals surface area contributed by atoms with Gasteiger partial charge in [0.2, 0.25) is 5.91 Å². The number of benzene rings is 3. The van der Waals surface area contributed by atoms with Gasteiger partial charge in [-0.3, -0.25) is 28.7 Å². The first kappa shape index (κ1) is 99.9. The van der Waals surface area contributed by atoms with Crippen molar-refractivity contribution < 1.29 is 60.1 Å². The minimum Gasteiger partial charge on any atom is -0.378 e. The van der Waals surface area contributed by atoms with Gasteiger partial charge >= 0.3 is 0 Å². The molecule has 19 rings (SSSR count). The predicted molar refractivity (Wildman–Crippen MR) is 541 cm³/mol. The molecule has 5 aromatic heterocycles. The van der Waals surface area contributed by atoms with Gasteiger partial charge in [-0.1, -0.05) is 46.1 Å². The van der Waals surface area contributed by atoms with E-state index in [0.717, 1.165) is 157 Å². The third-order valence-corrected chi connectivity index (χ3v) is 28.2. The lowest BCUT2D eigenvalue weighted by molar-refractivity contribution is -0.126. The Kier molecular flexibility index (Phi) is 31.6. The zero-order valence-corrected chi connectivity index (χ0v) is 81.2. The van der Waals surface area contributed by atoms with Crippen molar-refractivity contribution in [2.45, 2.75) is 141 Å². The highest BCUT2D eigenvalue weighted by Gasteiger charge is 2.41. The zero-order chi connectivity index (χ0) is 99.6. The second-order valence-corrected chi connectivity index (χ2v) is 37.1. The quantitative estimate of drug-likeness (QED) is 0.0142. The maximum atomic E-state index is 15.9. The number of carbonyl (C=O) groups excluding carboxylic acids is 5. The van der Waals surface area contributed by atoms with E-state index < -0.39 is 35.0 Å². The van der Waals surface area contributed by atoms with E-state index in [0.29, 0.717) is 128 Å². The summed E-state index contributed by atoms with van der Waals surface area (Å²) in [5, 5.41) is 27.9. The van der Waals surface area contributed by atoms with Crippen LogP contribution in [-0.4, -0.2) is 254 Å². The van der Waals surface area contributed by atoms with Crippen LogP contribution in [0.1, 0.15) is 142 Å². The van der Waals surface area contributed by atoms with Crippen LogP contribution in [0.25, 0.3) is 11.3 Å². The summed E-state index contributed by atoms with van der Waals surface area (Å²) in [5.74, 6) is -2.18. The number of hydrogen-bond donors (Lipinski definition) is 8. The van der Waals surface area contributed by atoms with Gasteiger partial charge in [0.1, 0.15) is 23.3 Å². The molecule has 7 fully saturated rings. The van der Waals surface area contributed by atoms with Gasteiger partial charge in [-0.2, -0.15) is 5.10 Å². The molecule has 3 aromatic carbocycles. The maximum absolute atomic E-state index is 15.9. The number of allylic oxidation sites excluding steroid dienone is 3. The van der Waals surface area contributed by atoms with E-state index >= 15 is 22.0 Å². The molecule has 32 nitrogen and oxygen atoms in total. The first-order valence-electron chi connectivity index (χ1n) is 48.6. The molecule has 5 amide bonds. The molecule has 6 unspecified atom stereocenters. The minimum absolute atomic E-state index is 0.0563. The molecule has 0 bridgehead atoms. The SMILES string of the molecule is C=CC(=C)N1CC(N(C)c2nc(-c3cnn(C)c3)c3c(c2F)CNC3=O)CCC1C.C=CC(=C)N1CCCC(N(CC)c2nc(Nc3ccc(N4CCOCC4)cc3)c3c(c2F)CNC3=O)C1.C=CC(=C)N1CCCC(Nc2nc(Nc3ccc(N4CCOCC4C)c(F)c3)c3c(c2F)CNC3=O)C1.C=CC(=O)N1CCCCC(N(C)c2nc(Nc3ccc(N4CCOCC4)cc3)c3c(c2F)CNC3=O)C1. The Morgan fingerprint density at radius 1 is 0.489 bits per heavy atom. The van der Waals surface area contributed by atoms with E-state index in [1.807, 2.05) is 84.1 Å². The fourth-order valence-electron chi connectivity index (χ4n) is 20.2. The van der Waals surface area contributed by atoms with Gasteiger partial charge in [-0.25, -0.2) is 41.9 Å². The number of halogens is 5. The smallest absolute Gasteiger partial charge is 0.255 e. The Hall–Kier alpha value is -14.1. The number of nitrogens with one attached hydrogen (secondary N) is 8. The summed E-state index contributed by atoms with van der Waals surface area (Å²) in [7, 11) is 5.46. The number of ether oxygens (including phenoxy) is 3. The highest BCUT2D eigenvalue weighted by atomic mass is 19.1. The summed E-state index contributed by atoms with van der Waals surface area (Å²) in [6.07, 6.45) is 18.1. The Morgan fingerprint density at radius 3 is 1.50 bits per heavy atom. The number of likely N-dealkylation sites (tertiary alicyclic amines) is 4. The van der Waals surface area contributed by atoms with Gasteiger partial charge in [0.15, 0.2) is 46.5 Å². The van der Waals surface area contributed by atoms with Crippen molar-refractivity contribution in [3.8, 4) is 11.3 Å². The van der Waals surface area contributed by atoms with E-state index in [1.54, 1.807) is 71.3 Å². The predicted octanol–water partition coefficient (Wildman–Crippen LogP) is 14.1. The number of aryl methyl sites for hydroxylation is 1. The first-order chi connectivity index (χ1) is 68.1. The number of amides is 5. The summed E-state index contributed by atoms with van der Waals surface area (Å²) < 4.78 is 95.6. The van der Waals surface area contributed by atoms with Crippen molar-refractivity contribution in [2.75, 3.05) is 189 Å². The monoisotopic (exact) mass is 1940 g/mol. The van der Waals surface area contributed by atoms with Gasteiger partial charge in [0.05, 0.1) is 79.5 Å². The minimum atomic E-state index is -0.554. The molecule has 8 aromatic rings. The average molecular weight is 1940 g/mol. The van der Waals surface area contributed by atoms with E-state index in [9.17, 15) is 24.0 Å².